The molecule has 0 heterocycles. The van der Waals surface area contributed by atoms with Crippen LogP contribution in [0.1, 0.15) is 21.5 Å². The van der Waals surface area contributed by atoms with Crippen LogP contribution in [0.15, 0.2) is 42.5 Å². The number of aryl methyl sites for hydroxylation is 1. The average molecular weight is 314 g/mol. The van der Waals surface area contributed by atoms with Gasteiger partial charge in [0.05, 0.1) is 14.2 Å². The zero-order chi connectivity index (χ0) is 16.8. The molecule has 0 spiro atoms. The van der Waals surface area contributed by atoms with E-state index in [0.29, 0.717) is 22.6 Å². The lowest BCUT2D eigenvalue weighted by molar-refractivity contribution is -0.142. The van der Waals surface area contributed by atoms with Gasteiger partial charge in [0.25, 0.3) is 0 Å². The summed E-state index contributed by atoms with van der Waals surface area (Å²) in [4.78, 5) is 23.6. The molecule has 0 aliphatic heterocycles. The Labute approximate surface area is 134 Å². The van der Waals surface area contributed by atoms with Crippen molar-refractivity contribution in [2.45, 2.75) is 6.92 Å². The summed E-state index contributed by atoms with van der Waals surface area (Å²) in [6.45, 7) is 1.65. The van der Waals surface area contributed by atoms with Gasteiger partial charge in [-0.3, -0.25) is 4.79 Å². The molecule has 0 bridgehead atoms. The predicted molar refractivity (Wildman–Crippen MR) is 85.1 cm³/mol. The van der Waals surface area contributed by atoms with E-state index in [1.165, 1.54) is 7.11 Å². The minimum Gasteiger partial charge on any atom is -0.497 e. The van der Waals surface area contributed by atoms with Crippen molar-refractivity contribution in [1.29, 1.82) is 0 Å². The lowest BCUT2D eigenvalue weighted by atomic mass is 10.0. The van der Waals surface area contributed by atoms with Crippen LogP contribution >= 0.6 is 0 Å². The van der Waals surface area contributed by atoms with Crippen molar-refractivity contribution < 1.29 is 23.8 Å². The summed E-state index contributed by atoms with van der Waals surface area (Å²) in [6.07, 6.45) is 0. The van der Waals surface area contributed by atoms with Crippen LogP contribution < -0.4 is 9.47 Å². The first kappa shape index (κ1) is 16.5. The largest absolute Gasteiger partial charge is 0.497 e. The molecule has 2 rings (SSSR count). The van der Waals surface area contributed by atoms with Crippen molar-refractivity contribution in [3.05, 3.63) is 59.2 Å². The van der Waals surface area contributed by atoms with Gasteiger partial charge in [-0.1, -0.05) is 0 Å². The van der Waals surface area contributed by atoms with Crippen molar-refractivity contribution >= 4 is 11.8 Å². The normalized spacial score (nSPS) is 10.0. The fourth-order valence-corrected chi connectivity index (χ4v) is 2.06. The molecule has 0 amide bonds. The topological polar surface area (TPSA) is 61.8 Å². The Morgan fingerprint density at radius 3 is 2.17 bits per heavy atom. The van der Waals surface area contributed by atoms with Crippen molar-refractivity contribution in [2.75, 3.05) is 20.8 Å². The Bertz CT molecular complexity index is 704. The van der Waals surface area contributed by atoms with E-state index < -0.39 is 5.97 Å². The van der Waals surface area contributed by atoms with E-state index in [-0.39, 0.29) is 12.4 Å². The number of benzene rings is 2. The van der Waals surface area contributed by atoms with Crippen LogP contribution in [0.5, 0.6) is 11.5 Å². The van der Waals surface area contributed by atoms with Gasteiger partial charge in [-0.05, 0) is 55.0 Å². The molecule has 0 aliphatic rings. The molecule has 0 aromatic heterocycles. The van der Waals surface area contributed by atoms with Crippen LogP contribution in [-0.2, 0) is 9.53 Å². The Kier molecular flexibility index (Phi) is 5.36. The smallest absolute Gasteiger partial charge is 0.343 e. The summed E-state index contributed by atoms with van der Waals surface area (Å²) in [5, 5.41) is 0. The quantitative estimate of drug-likeness (QED) is 0.606. The third-order valence-electron chi connectivity index (χ3n) is 3.36. The van der Waals surface area contributed by atoms with Crippen LogP contribution in [0.4, 0.5) is 0 Å². The molecule has 0 aliphatic carbocycles. The molecule has 23 heavy (non-hydrogen) atoms. The SMILES string of the molecule is COC(=O)COc1ccc(C(=O)c2ccc(OC)cc2)cc1C. The second-order valence-corrected chi connectivity index (χ2v) is 4.90. The van der Waals surface area contributed by atoms with Gasteiger partial charge in [-0.2, -0.15) is 0 Å². The number of rotatable bonds is 6. The fourth-order valence-electron chi connectivity index (χ4n) is 2.06. The van der Waals surface area contributed by atoms with Crippen LogP contribution in [0.2, 0.25) is 0 Å². The van der Waals surface area contributed by atoms with Crippen molar-refractivity contribution in [3.63, 3.8) is 0 Å². The van der Waals surface area contributed by atoms with Crippen molar-refractivity contribution in [2.24, 2.45) is 0 Å². The number of methoxy groups -OCH3 is 2. The summed E-state index contributed by atoms with van der Waals surface area (Å²) in [7, 11) is 2.88. The summed E-state index contributed by atoms with van der Waals surface area (Å²) in [6, 6.07) is 12.0. The van der Waals surface area contributed by atoms with Crippen molar-refractivity contribution in [1.82, 2.24) is 0 Å². The molecular formula is C18H18O5. The molecule has 2 aromatic carbocycles. The zero-order valence-corrected chi connectivity index (χ0v) is 13.3. The third kappa shape index (κ3) is 4.10. The summed E-state index contributed by atoms with van der Waals surface area (Å²) >= 11 is 0. The van der Waals surface area contributed by atoms with Gasteiger partial charge in [-0.15, -0.1) is 0 Å². The molecule has 0 N–H and O–H groups in total. The van der Waals surface area contributed by atoms with Gasteiger partial charge in [0.2, 0.25) is 0 Å². The van der Waals surface area contributed by atoms with Gasteiger partial charge in [0.1, 0.15) is 11.5 Å². The van der Waals surface area contributed by atoms with E-state index in [2.05, 4.69) is 4.74 Å². The van der Waals surface area contributed by atoms with Gasteiger partial charge >= 0.3 is 5.97 Å². The molecule has 0 saturated carbocycles. The highest BCUT2D eigenvalue weighted by molar-refractivity contribution is 6.09. The Balaban J connectivity index is 2.15. The van der Waals surface area contributed by atoms with E-state index in [1.54, 1.807) is 49.6 Å². The standard InChI is InChI=1S/C18H18O5/c1-12-10-14(6-9-16(12)23-11-17(19)22-3)18(20)13-4-7-15(21-2)8-5-13/h4-10H,11H2,1-3H3. The summed E-state index contributed by atoms with van der Waals surface area (Å²) in [5.41, 5.74) is 1.90. The number of hydrogen-bond donors (Lipinski definition) is 0. The van der Waals surface area contributed by atoms with E-state index >= 15 is 0 Å². The second kappa shape index (κ2) is 7.45. The van der Waals surface area contributed by atoms with Crippen LogP contribution in [0.25, 0.3) is 0 Å². The maximum absolute atomic E-state index is 12.5. The lowest BCUT2D eigenvalue weighted by Gasteiger charge is -2.10. The van der Waals surface area contributed by atoms with Crippen LogP contribution in [-0.4, -0.2) is 32.6 Å². The maximum Gasteiger partial charge on any atom is 0.343 e. The lowest BCUT2D eigenvalue weighted by Crippen LogP contribution is -2.13. The monoisotopic (exact) mass is 314 g/mol. The molecule has 0 radical (unpaired) electrons. The molecule has 2 aromatic rings. The van der Waals surface area contributed by atoms with E-state index in [9.17, 15) is 9.59 Å². The van der Waals surface area contributed by atoms with Gasteiger partial charge in [0, 0.05) is 11.1 Å². The molecular weight excluding hydrogens is 296 g/mol. The molecule has 0 saturated heterocycles. The third-order valence-corrected chi connectivity index (χ3v) is 3.36. The summed E-state index contributed by atoms with van der Waals surface area (Å²) in [5.74, 6) is 0.698. The number of ether oxygens (including phenoxy) is 3. The van der Waals surface area contributed by atoms with E-state index in [4.69, 9.17) is 9.47 Å². The molecule has 5 heteroatoms. The highest BCUT2D eigenvalue weighted by atomic mass is 16.6. The number of ketones is 1. The first-order chi connectivity index (χ1) is 11.0. The first-order valence-corrected chi connectivity index (χ1v) is 7.04. The molecule has 0 atom stereocenters. The summed E-state index contributed by atoms with van der Waals surface area (Å²) < 4.78 is 15.0. The second-order valence-electron chi connectivity index (χ2n) is 4.90. The van der Waals surface area contributed by atoms with Crippen molar-refractivity contribution in [3.8, 4) is 11.5 Å². The van der Waals surface area contributed by atoms with Gasteiger partial charge in [-0.25, -0.2) is 4.79 Å². The highest BCUT2D eigenvalue weighted by Crippen LogP contribution is 2.22. The minimum atomic E-state index is -0.456. The Morgan fingerprint density at radius 2 is 1.61 bits per heavy atom. The first-order valence-electron chi connectivity index (χ1n) is 7.04. The molecule has 5 nitrogen and oxygen atoms in total. The molecule has 0 fully saturated rings. The number of esters is 1. The number of hydrogen-bond acceptors (Lipinski definition) is 5. The Morgan fingerprint density at radius 1 is 0.957 bits per heavy atom. The van der Waals surface area contributed by atoms with Gasteiger partial charge < -0.3 is 14.2 Å². The van der Waals surface area contributed by atoms with Crippen LogP contribution in [0.3, 0.4) is 0 Å². The fraction of sp³-hybridized carbons (Fsp3) is 0.222. The van der Waals surface area contributed by atoms with E-state index in [0.717, 1.165) is 5.56 Å². The van der Waals surface area contributed by atoms with Crippen LogP contribution in [0, 0.1) is 6.92 Å². The molecule has 120 valence electrons. The predicted octanol–water partition coefficient (Wildman–Crippen LogP) is 2.79. The van der Waals surface area contributed by atoms with Gasteiger partial charge in [0.15, 0.2) is 12.4 Å². The average Bonchev–Trinajstić information content (AvgIpc) is 2.59. The zero-order valence-electron chi connectivity index (χ0n) is 13.3. The number of carbonyl (C=O) groups is 2. The van der Waals surface area contributed by atoms with E-state index in [1.807, 2.05) is 6.92 Å². The number of carbonyl (C=O) groups excluding carboxylic acids is 2. The maximum atomic E-state index is 12.5. The highest BCUT2D eigenvalue weighted by Gasteiger charge is 2.12. The molecule has 0 unspecified atom stereocenters. The Hall–Kier alpha value is -2.82. The minimum absolute atomic E-state index is 0.0877.